The van der Waals surface area contributed by atoms with Crippen molar-refractivity contribution in [3.63, 3.8) is 0 Å². The molecule has 21 heavy (non-hydrogen) atoms. The quantitative estimate of drug-likeness (QED) is 0.690. The lowest BCUT2D eigenvalue weighted by Gasteiger charge is -2.10. The first-order valence-electron chi connectivity index (χ1n) is 6.43. The average Bonchev–Trinajstić information content (AvgIpc) is 2.77. The number of carbonyl (C=O) groups excluding carboxylic acids is 1. The van der Waals surface area contributed by atoms with E-state index in [0.717, 1.165) is 23.0 Å². The summed E-state index contributed by atoms with van der Waals surface area (Å²) in [7, 11) is 0. The molecule has 1 aromatic heterocycles. The van der Waals surface area contributed by atoms with E-state index in [9.17, 15) is 14.9 Å². The lowest BCUT2D eigenvalue weighted by atomic mass is 10.1. The van der Waals surface area contributed by atoms with Crippen LogP contribution in [0, 0.1) is 30.9 Å². The van der Waals surface area contributed by atoms with Crippen molar-refractivity contribution in [3.8, 4) is 0 Å². The fourth-order valence-electron chi connectivity index (χ4n) is 1.99. The Kier molecular flexibility index (Phi) is 4.02. The Morgan fingerprint density at radius 1 is 1.38 bits per heavy atom. The van der Waals surface area contributed by atoms with Crippen LogP contribution in [0.25, 0.3) is 0 Å². The van der Waals surface area contributed by atoms with E-state index in [-0.39, 0.29) is 18.1 Å². The van der Waals surface area contributed by atoms with Gasteiger partial charge in [0.1, 0.15) is 18.4 Å². The topological polar surface area (TPSA) is 90.1 Å². The second-order valence-corrected chi connectivity index (χ2v) is 4.83. The van der Waals surface area contributed by atoms with Crippen LogP contribution in [0.15, 0.2) is 24.4 Å². The van der Waals surface area contributed by atoms with Crippen molar-refractivity contribution in [2.24, 2.45) is 0 Å². The number of benzene rings is 1. The van der Waals surface area contributed by atoms with Gasteiger partial charge in [0, 0.05) is 5.69 Å². The summed E-state index contributed by atoms with van der Waals surface area (Å²) in [5, 5.41) is 17.4. The van der Waals surface area contributed by atoms with Crippen LogP contribution in [-0.2, 0) is 11.3 Å². The van der Waals surface area contributed by atoms with Crippen molar-refractivity contribution in [2.45, 2.75) is 27.3 Å². The van der Waals surface area contributed by atoms with Gasteiger partial charge in [0.25, 0.3) is 0 Å². The highest BCUT2D eigenvalue weighted by Crippen LogP contribution is 2.19. The van der Waals surface area contributed by atoms with E-state index in [1.165, 1.54) is 4.68 Å². The highest BCUT2D eigenvalue weighted by Gasteiger charge is 2.18. The van der Waals surface area contributed by atoms with E-state index < -0.39 is 4.92 Å². The number of nitrogens with zero attached hydrogens (tertiary/aromatic N) is 3. The third-order valence-corrected chi connectivity index (χ3v) is 3.45. The zero-order chi connectivity index (χ0) is 15.6. The molecule has 0 saturated carbocycles. The van der Waals surface area contributed by atoms with Crippen molar-refractivity contribution in [2.75, 3.05) is 5.32 Å². The fraction of sp³-hybridized carbons (Fsp3) is 0.286. The van der Waals surface area contributed by atoms with E-state index in [1.54, 1.807) is 6.92 Å². The fourth-order valence-corrected chi connectivity index (χ4v) is 1.99. The normalized spacial score (nSPS) is 10.4. The molecule has 0 bridgehead atoms. The number of anilines is 1. The number of aromatic nitrogens is 2. The summed E-state index contributed by atoms with van der Waals surface area (Å²) in [5.74, 6) is -0.273. The SMILES string of the molecule is Cc1cccc(NC(=O)Cn2ncc([N+](=O)[O-])c2C)c1C. The number of rotatable bonds is 4. The Morgan fingerprint density at radius 3 is 2.71 bits per heavy atom. The van der Waals surface area contributed by atoms with Gasteiger partial charge in [-0.3, -0.25) is 19.6 Å². The van der Waals surface area contributed by atoms with Crippen molar-refractivity contribution in [1.82, 2.24) is 9.78 Å². The first-order valence-corrected chi connectivity index (χ1v) is 6.43. The van der Waals surface area contributed by atoms with Gasteiger partial charge < -0.3 is 5.32 Å². The van der Waals surface area contributed by atoms with Gasteiger partial charge in [-0.25, -0.2) is 0 Å². The van der Waals surface area contributed by atoms with Crippen molar-refractivity contribution >= 4 is 17.3 Å². The van der Waals surface area contributed by atoms with Crippen LogP contribution in [-0.4, -0.2) is 20.6 Å². The molecule has 1 aromatic carbocycles. The predicted molar refractivity (Wildman–Crippen MR) is 78.2 cm³/mol. The van der Waals surface area contributed by atoms with Gasteiger partial charge in [-0.1, -0.05) is 12.1 Å². The highest BCUT2D eigenvalue weighted by molar-refractivity contribution is 5.91. The monoisotopic (exact) mass is 288 g/mol. The molecule has 110 valence electrons. The zero-order valence-corrected chi connectivity index (χ0v) is 12.1. The molecule has 0 unspecified atom stereocenters. The van der Waals surface area contributed by atoms with Gasteiger partial charge in [-0.15, -0.1) is 0 Å². The molecule has 2 rings (SSSR count). The van der Waals surface area contributed by atoms with Crippen molar-refractivity contribution in [3.05, 3.63) is 51.3 Å². The molecule has 0 fully saturated rings. The van der Waals surface area contributed by atoms with Crippen LogP contribution < -0.4 is 5.32 Å². The maximum absolute atomic E-state index is 12.0. The molecule has 0 saturated heterocycles. The van der Waals surface area contributed by atoms with E-state index in [1.807, 2.05) is 32.0 Å². The minimum atomic E-state index is -0.512. The van der Waals surface area contributed by atoms with Gasteiger partial charge >= 0.3 is 5.69 Å². The second kappa shape index (κ2) is 5.74. The standard InChI is InChI=1S/C14H16N4O3/c1-9-5-4-6-12(10(9)2)16-14(19)8-17-11(3)13(7-15-17)18(20)21/h4-7H,8H2,1-3H3,(H,16,19). The van der Waals surface area contributed by atoms with Gasteiger partial charge in [0.15, 0.2) is 0 Å². The largest absolute Gasteiger partial charge is 0.324 e. The van der Waals surface area contributed by atoms with Crippen LogP contribution in [0.5, 0.6) is 0 Å². The molecule has 0 radical (unpaired) electrons. The van der Waals surface area contributed by atoms with Crippen LogP contribution in [0.4, 0.5) is 11.4 Å². The molecule has 7 nitrogen and oxygen atoms in total. The molecule has 0 aliphatic carbocycles. The molecular weight excluding hydrogens is 272 g/mol. The number of nitro groups is 1. The molecule has 0 aliphatic heterocycles. The van der Waals surface area contributed by atoms with Gasteiger partial charge in [-0.05, 0) is 38.0 Å². The lowest BCUT2D eigenvalue weighted by molar-refractivity contribution is -0.385. The molecule has 7 heteroatoms. The summed E-state index contributed by atoms with van der Waals surface area (Å²) in [4.78, 5) is 22.3. The number of carbonyl (C=O) groups is 1. The van der Waals surface area contributed by atoms with Gasteiger partial charge in [-0.2, -0.15) is 5.10 Å². The Labute approximate surface area is 121 Å². The van der Waals surface area contributed by atoms with Crippen molar-refractivity contribution < 1.29 is 9.72 Å². The van der Waals surface area contributed by atoms with E-state index in [4.69, 9.17) is 0 Å². The summed E-state index contributed by atoms with van der Waals surface area (Å²) in [5.41, 5.74) is 3.08. The first kappa shape index (κ1) is 14.7. The Morgan fingerprint density at radius 2 is 2.10 bits per heavy atom. The molecule has 0 spiro atoms. The van der Waals surface area contributed by atoms with Crippen LogP contribution in [0.2, 0.25) is 0 Å². The van der Waals surface area contributed by atoms with Crippen LogP contribution in [0.3, 0.4) is 0 Å². The van der Waals surface area contributed by atoms with Crippen molar-refractivity contribution in [1.29, 1.82) is 0 Å². The van der Waals surface area contributed by atoms with Crippen LogP contribution in [0.1, 0.15) is 16.8 Å². The van der Waals surface area contributed by atoms with Gasteiger partial charge in [0.2, 0.25) is 5.91 Å². The predicted octanol–water partition coefficient (Wildman–Crippen LogP) is 2.36. The molecule has 0 aliphatic rings. The number of nitrogens with one attached hydrogen (secondary N) is 1. The Balaban J connectivity index is 2.12. The second-order valence-electron chi connectivity index (χ2n) is 4.83. The van der Waals surface area contributed by atoms with E-state index in [2.05, 4.69) is 10.4 Å². The molecule has 1 N–H and O–H groups in total. The highest BCUT2D eigenvalue weighted by atomic mass is 16.6. The van der Waals surface area contributed by atoms with Crippen LogP contribution >= 0.6 is 0 Å². The third-order valence-electron chi connectivity index (χ3n) is 3.45. The third kappa shape index (κ3) is 3.07. The summed E-state index contributed by atoms with van der Waals surface area (Å²) < 4.78 is 1.32. The number of aryl methyl sites for hydroxylation is 1. The molecule has 1 amide bonds. The maximum Gasteiger partial charge on any atom is 0.309 e. The zero-order valence-electron chi connectivity index (χ0n) is 12.1. The number of hydrogen-bond donors (Lipinski definition) is 1. The molecule has 1 heterocycles. The summed E-state index contributed by atoms with van der Waals surface area (Å²) in [6.45, 7) is 5.39. The summed E-state index contributed by atoms with van der Waals surface area (Å²) >= 11 is 0. The molecule has 0 atom stereocenters. The van der Waals surface area contributed by atoms with Gasteiger partial charge in [0.05, 0.1) is 4.92 Å². The summed E-state index contributed by atoms with van der Waals surface area (Å²) in [6, 6.07) is 5.65. The minimum absolute atomic E-state index is 0.0624. The Bertz CT molecular complexity index is 706. The molecule has 2 aromatic rings. The lowest BCUT2D eigenvalue weighted by Crippen LogP contribution is -2.20. The molecular formula is C14H16N4O3. The summed E-state index contributed by atoms with van der Waals surface area (Å²) in [6.07, 6.45) is 1.15. The minimum Gasteiger partial charge on any atom is -0.324 e. The number of amides is 1. The average molecular weight is 288 g/mol. The Hall–Kier alpha value is -2.70. The first-order chi connectivity index (χ1) is 9.90. The number of hydrogen-bond acceptors (Lipinski definition) is 4. The maximum atomic E-state index is 12.0. The smallest absolute Gasteiger partial charge is 0.309 e. The van der Waals surface area contributed by atoms with E-state index in [0.29, 0.717) is 5.69 Å². The van der Waals surface area contributed by atoms with E-state index >= 15 is 0 Å².